The van der Waals surface area contributed by atoms with E-state index in [0.717, 1.165) is 40.5 Å². The number of rotatable bonds is 3. The molecule has 4 heterocycles. The van der Waals surface area contributed by atoms with Crippen LogP contribution in [0.3, 0.4) is 0 Å². The van der Waals surface area contributed by atoms with E-state index in [1.807, 2.05) is 30.2 Å². The van der Waals surface area contributed by atoms with Crippen LogP contribution in [0.15, 0.2) is 48.7 Å². The SMILES string of the molecule is Cc1ccnc(N2CCN(C(=O)c3cc4c(C)nn(-c5ccc(F)cc5)c4s3)CC2)c1. The molecule has 1 amide bonds. The van der Waals surface area contributed by atoms with Gasteiger partial charge in [-0.25, -0.2) is 14.1 Å². The number of carbonyl (C=O) groups excluding carboxylic acids is 1. The predicted octanol–water partition coefficient (Wildman–Crippen LogP) is 4.20. The van der Waals surface area contributed by atoms with E-state index in [1.54, 1.807) is 16.8 Å². The van der Waals surface area contributed by atoms with Gasteiger partial charge in [0.05, 0.1) is 16.3 Å². The second-order valence-corrected chi connectivity index (χ2v) is 8.80. The van der Waals surface area contributed by atoms with Crippen molar-refractivity contribution >= 4 is 33.3 Å². The maximum absolute atomic E-state index is 13.3. The lowest BCUT2D eigenvalue weighted by molar-refractivity contribution is 0.0751. The summed E-state index contributed by atoms with van der Waals surface area (Å²) < 4.78 is 15.1. The number of thiophene rings is 1. The standard InChI is InChI=1S/C23H22FN5OS/c1-15-7-8-25-21(13-15)27-9-11-28(12-10-27)22(30)20-14-19-16(2)26-29(23(19)31-20)18-5-3-17(24)4-6-18/h3-8,13-14H,9-12H2,1-2H3. The Morgan fingerprint density at radius 1 is 1.03 bits per heavy atom. The molecule has 1 fully saturated rings. The highest BCUT2D eigenvalue weighted by Gasteiger charge is 2.25. The van der Waals surface area contributed by atoms with E-state index in [4.69, 9.17) is 0 Å². The van der Waals surface area contributed by atoms with E-state index in [-0.39, 0.29) is 11.7 Å². The largest absolute Gasteiger partial charge is 0.353 e. The third kappa shape index (κ3) is 3.67. The summed E-state index contributed by atoms with van der Waals surface area (Å²) in [5, 5.41) is 5.54. The van der Waals surface area contributed by atoms with Crippen molar-refractivity contribution in [2.75, 3.05) is 31.1 Å². The van der Waals surface area contributed by atoms with Crippen molar-refractivity contribution in [2.24, 2.45) is 0 Å². The molecule has 0 saturated carbocycles. The minimum atomic E-state index is -0.286. The Kier molecular flexibility index (Phi) is 4.94. The fourth-order valence-corrected chi connectivity index (χ4v) is 5.05. The highest BCUT2D eigenvalue weighted by molar-refractivity contribution is 7.20. The maximum atomic E-state index is 13.3. The summed E-state index contributed by atoms with van der Waals surface area (Å²) in [6, 6.07) is 12.2. The molecular weight excluding hydrogens is 413 g/mol. The molecule has 0 aliphatic carbocycles. The lowest BCUT2D eigenvalue weighted by Crippen LogP contribution is -2.48. The van der Waals surface area contributed by atoms with Crippen molar-refractivity contribution in [3.05, 3.63) is 70.6 Å². The Balaban J connectivity index is 1.36. The van der Waals surface area contributed by atoms with E-state index in [9.17, 15) is 9.18 Å². The number of hydrogen-bond donors (Lipinski definition) is 0. The number of benzene rings is 1. The van der Waals surface area contributed by atoms with Gasteiger partial charge in [-0.2, -0.15) is 5.10 Å². The molecule has 1 aliphatic heterocycles. The van der Waals surface area contributed by atoms with Gasteiger partial charge in [-0.05, 0) is 61.9 Å². The molecular formula is C23H22FN5OS. The van der Waals surface area contributed by atoms with E-state index in [2.05, 4.69) is 28.0 Å². The summed E-state index contributed by atoms with van der Waals surface area (Å²) in [5.74, 6) is 0.720. The lowest BCUT2D eigenvalue weighted by atomic mass is 10.2. The van der Waals surface area contributed by atoms with Crippen LogP contribution < -0.4 is 4.90 Å². The third-order valence-electron chi connectivity index (χ3n) is 5.62. The first kappa shape index (κ1) is 19.7. The van der Waals surface area contributed by atoms with Crippen molar-refractivity contribution in [3.8, 4) is 5.69 Å². The molecule has 31 heavy (non-hydrogen) atoms. The van der Waals surface area contributed by atoms with Crippen molar-refractivity contribution < 1.29 is 9.18 Å². The number of carbonyl (C=O) groups is 1. The first-order valence-corrected chi connectivity index (χ1v) is 11.0. The first-order valence-electron chi connectivity index (χ1n) is 10.2. The topological polar surface area (TPSA) is 54.3 Å². The Morgan fingerprint density at radius 2 is 1.77 bits per heavy atom. The van der Waals surface area contributed by atoms with Gasteiger partial charge in [0.2, 0.25) is 0 Å². The fraction of sp³-hybridized carbons (Fsp3) is 0.261. The Labute approximate surface area is 183 Å². The van der Waals surface area contributed by atoms with Gasteiger partial charge in [-0.3, -0.25) is 4.79 Å². The number of hydrogen-bond acceptors (Lipinski definition) is 5. The van der Waals surface area contributed by atoms with Gasteiger partial charge in [-0.1, -0.05) is 0 Å². The molecule has 0 atom stereocenters. The number of nitrogens with zero attached hydrogens (tertiary/aromatic N) is 5. The van der Waals surface area contributed by atoms with Crippen molar-refractivity contribution in [3.63, 3.8) is 0 Å². The van der Waals surface area contributed by atoms with Crippen LogP contribution in [0.25, 0.3) is 15.9 Å². The number of fused-ring (bicyclic) bond motifs is 1. The first-order chi connectivity index (χ1) is 15.0. The van der Waals surface area contributed by atoms with Gasteiger partial charge in [0.1, 0.15) is 16.5 Å². The van der Waals surface area contributed by atoms with Crippen molar-refractivity contribution in [2.45, 2.75) is 13.8 Å². The quantitative estimate of drug-likeness (QED) is 0.484. The predicted molar refractivity (Wildman–Crippen MR) is 121 cm³/mol. The third-order valence-corrected chi connectivity index (χ3v) is 6.72. The molecule has 6 nitrogen and oxygen atoms in total. The lowest BCUT2D eigenvalue weighted by Gasteiger charge is -2.35. The van der Waals surface area contributed by atoms with Crippen LogP contribution in [-0.2, 0) is 0 Å². The molecule has 0 N–H and O–H groups in total. The zero-order valence-corrected chi connectivity index (χ0v) is 18.2. The fourth-order valence-electron chi connectivity index (χ4n) is 3.90. The van der Waals surface area contributed by atoms with E-state index < -0.39 is 0 Å². The monoisotopic (exact) mass is 435 g/mol. The van der Waals surface area contributed by atoms with Gasteiger partial charge in [-0.15, -0.1) is 11.3 Å². The van der Waals surface area contributed by atoms with Crippen LogP contribution in [0.4, 0.5) is 10.2 Å². The zero-order chi connectivity index (χ0) is 21.5. The second-order valence-electron chi connectivity index (χ2n) is 7.77. The van der Waals surface area contributed by atoms with Gasteiger partial charge >= 0.3 is 0 Å². The average Bonchev–Trinajstić information content (AvgIpc) is 3.35. The number of pyridine rings is 1. The molecule has 1 aromatic carbocycles. The maximum Gasteiger partial charge on any atom is 0.264 e. The van der Waals surface area contributed by atoms with Gasteiger partial charge in [0.25, 0.3) is 5.91 Å². The summed E-state index contributed by atoms with van der Waals surface area (Å²) in [6.07, 6.45) is 1.83. The number of anilines is 1. The van der Waals surface area contributed by atoms with Crippen LogP contribution in [0.2, 0.25) is 0 Å². The molecule has 1 saturated heterocycles. The molecule has 4 aromatic rings. The summed E-state index contributed by atoms with van der Waals surface area (Å²) in [5.41, 5.74) is 2.81. The van der Waals surface area contributed by atoms with E-state index in [1.165, 1.54) is 29.0 Å². The van der Waals surface area contributed by atoms with Gasteiger partial charge in [0.15, 0.2) is 0 Å². The number of aryl methyl sites for hydroxylation is 2. The Hall–Kier alpha value is -3.26. The average molecular weight is 436 g/mol. The molecule has 3 aromatic heterocycles. The molecule has 0 radical (unpaired) electrons. The molecule has 5 rings (SSSR count). The second kappa shape index (κ2) is 7.77. The molecule has 1 aliphatic rings. The van der Waals surface area contributed by atoms with Crippen LogP contribution >= 0.6 is 11.3 Å². The van der Waals surface area contributed by atoms with Crippen LogP contribution in [-0.4, -0.2) is 51.8 Å². The number of amides is 1. The number of piperazine rings is 1. The van der Waals surface area contributed by atoms with Gasteiger partial charge < -0.3 is 9.80 Å². The van der Waals surface area contributed by atoms with Crippen LogP contribution in [0, 0.1) is 19.7 Å². The Bertz CT molecular complexity index is 1250. The molecule has 0 spiro atoms. The zero-order valence-electron chi connectivity index (χ0n) is 17.4. The minimum Gasteiger partial charge on any atom is -0.353 e. The van der Waals surface area contributed by atoms with Crippen LogP contribution in [0.5, 0.6) is 0 Å². The summed E-state index contributed by atoms with van der Waals surface area (Å²) in [7, 11) is 0. The van der Waals surface area contributed by atoms with E-state index in [0.29, 0.717) is 18.0 Å². The molecule has 158 valence electrons. The molecule has 8 heteroatoms. The number of aromatic nitrogens is 3. The molecule has 0 bridgehead atoms. The summed E-state index contributed by atoms with van der Waals surface area (Å²) >= 11 is 1.43. The molecule has 0 unspecified atom stereocenters. The highest BCUT2D eigenvalue weighted by atomic mass is 32.1. The number of halogens is 1. The van der Waals surface area contributed by atoms with Crippen molar-refractivity contribution in [1.29, 1.82) is 0 Å². The normalized spacial score (nSPS) is 14.4. The Morgan fingerprint density at radius 3 is 2.48 bits per heavy atom. The summed E-state index contributed by atoms with van der Waals surface area (Å²) in [6.45, 7) is 6.82. The van der Waals surface area contributed by atoms with Crippen LogP contribution in [0.1, 0.15) is 20.9 Å². The summed E-state index contributed by atoms with van der Waals surface area (Å²) in [4.78, 5) is 23.4. The minimum absolute atomic E-state index is 0.0445. The smallest absolute Gasteiger partial charge is 0.264 e. The van der Waals surface area contributed by atoms with Gasteiger partial charge in [0, 0.05) is 37.8 Å². The van der Waals surface area contributed by atoms with E-state index >= 15 is 0 Å². The highest BCUT2D eigenvalue weighted by Crippen LogP contribution is 2.31. The van der Waals surface area contributed by atoms with Crippen molar-refractivity contribution in [1.82, 2.24) is 19.7 Å².